The number of hydrogen-bond donors (Lipinski definition) is 3. The van der Waals surface area contributed by atoms with Gasteiger partial charge in [0.2, 0.25) is 5.91 Å². The van der Waals surface area contributed by atoms with E-state index in [1.54, 1.807) is 42.5 Å². The zero-order chi connectivity index (χ0) is 17.8. The Morgan fingerprint density at radius 2 is 1.84 bits per heavy atom. The van der Waals surface area contributed by atoms with E-state index in [0.29, 0.717) is 35.5 Å². The van der Waals surface area contributed by atoms with E-state index in [4.69, 9.17) is 4.74 Å². The third kappa shape index (κ3) is 3.77. The highest BCUT2D eigenvalue weighted by atomic mass is 16.5. The smallest absolute Gasteiger partial charge is 0.326 e. The van der Waals surface area contributed by atoms with E-state index in [1.165, 1.54) is 7.11 Å². The van der Waals surface area contributed by atoms with Crippen molar-refractivity contribution in [2.45, 2.75) is 12.8 Å². The van der Waals surface area contributed by atoms with Crippen molar-refractivity contribution >= 4 is 29.2 Å². The molecule has 2 aromatic carbocycles. The molecule has 7 heteroatoms. The lowest BCUT2D eigenvalue weighted by atomic mass is 10.0. The number of benzene rings is 2. The van der Waals surface area contributed by atoms with Crippen LogP contribution in [-0.2, 0) is 11.2 Å². The Morgan fingerprint density at radius 3 is 2.56 bits per heavy atom. The normalized spacial score (nSPS) is 12.6. The van der Waals surface area contributed by atoms with Crippen LogP contribution in [0.5, 0.6) is 5.75 Å². The van der Waals surface area contributed by atoms with Crippen molar-refractivity contribution < 1.29 is 19.1 Å². The number of methoxy groups -OCH3 is 1. The second-order valence-electron chi connectivity index (χ2n) is 5.52. The number of ether oxygens (including phenoxy) is 1. The van der Waals surface area contributed by atoms with Crippen molar-refractivity contribution in [3.05, 3.63) is 53.6 Å². The number of hydrogen-bond acceptors (Lipinski definition) is 4. The first kappa shape index (κ1) is 16.5. The highest BCUT2D eigenvalue weighted by molar-refractivity contribution is 6.08. The lowest BCUT2D eigenvalue weighted by Gasteiger charge is -2.20. The summed E-state index contributed by atoms with van der Waals surface area (Å²) in [5.74, 6) is 0.0565. The number of amides is 4. The standard InChI is InChI=1S/C18H17N3O4/c1-25-12-7-5-11(6-8-12)17(23)21-18(24)20-15-4-2-3-14-13(15)9-10-16(22)19-14/h2-8H,9-10H2,1H3,(H,19,22)(H2,20,21,23,24). The van der Waals surface area contributed by atoms with Gasteiger partial charge in [-0.1, -0.05) is 6.07 Å². The van der Waals surface area contributed by atoms with E-state index < -0.39 is 11.9 Å². The van der Waals surface area contributed by atoms with Crippen LogP contribution in [0.15, 0.2) is 42.5 Å². The van der Waals surface area contributed by atoms with Crippen LogP contribution in [0.1, 0.15) is 22.3 Å². The Labute approximate surface area is 144 Å². The maximum absolute atomic E-state index is 12.1. The predicted octanol–water partition coefficient (Wildman–Crippen LogP) is 2.54. The number of fused-ring (bicyclic) bond motifs is 1. The molecular formula is C18H17N3O4. The number of anilines is 2. The summed E-state index contributed by atoms with van der Waals surface area (Å²) in [5, 5.41) is 7.70. The first-order valence-corrected chi connectivity index (χ1v) is 7.75. The molecule has 0 spiro atoms. The summed E-state index contributed by atoms with van der Waals surface area (Å²) in [6.07, 6.45) is 0.891. The predicted molar refractivity (Wildman–Crippen MR) is 92.9 cm³/mol. The summed E-state index contributed by atoms with van der Waals surface area (Å²) in [6, 6.07) is 11.0. The largest absolute Gasteiger partial charge is 0.497 e. The van der Waals surface area contributed by atoms with Crippen LogP contribution in [0.2, 0.25) is 0 Å². The lowest BCUT2D eigenvalue weighted by Crippen LogP contribution is -2.34. The molecule has 0 aromatic heterocycles. The molecule has 0 saturated carbocycles. The summed E-state index contributed by atoms with van der Waals surface area (Å²) in [5.41, 5.74) is 2.43. The van der Waals surface area contributed by atoms with Crippen LogP contribution in [0.25, 0.3) is 0 Å². The second kappa shape index (κ2) is 7.04. The second-order valence-corrected chi connectivity index (χ2v) is 5.52. The third-order valence-electron chi connectivity index (χ3n) is 3.88. The minimum atomic E-state index is -0.633. The van der Waals surface area contributed by atoms with Gasteiger partial charge in [-0.25, -0.2) is 4.79 Å². The van der Waals surface area contributed by atoms with Crippen molar-refractivity contribution in [3.8, 4) is 5.75 Å². The van der Waals surface area contributed by atoms with Gasteiger partial charge in [-0.15, -0.1) is 0 Å². The van der Waals surface area contributed by atoms with Crippen molar-refractivity contribution in [3.63, 3.8) is 0 Å². The molecule has 3 rings (SSSR count). The number of nitrogens with one attached hydrogen (secondary N) is 3. The molecule has 0 radical (unpaired) electrons. The number of carbonyl (C=O) groups is 3. The van der Waals surface area contributed by atoms with E-state index in [1.807, 2.05) is 0 Å². The SMILES string of the molecule is COc1ccc(C(=O)NC(=O)Nc2cccc3c2CCC(=O)N3)cc1. The van der Waals surface area contributed by atoms with Crippen LogP contribution in [0.4, 0.5) is 16.2 Å². The monoisotopic (exact) mass is 339 g/mol. The Balaban J connectivity index is 1.67. The van der Waals surface area contributed by atoms with Crippen molar-refractivity contribution in [2.24, 2.45) is 0 Å². The van der Waals surface area contributed by atoms with Gasteiger partial charge >= 0.3 is 6.03 Å². The van der Waals surface area contributed by atoms with Crippen LogP contribution in [0.3, 0.4) is 0 Å². The molecule has 0 aliphatic carbocycles. The van der Waals surface area contributed by atoms with Gasteiger partial charge in [0.25, 0.3) is 5.91 Å². The minimum absolute atomic E-state index is 0.0521. The average Bonchev–Trinajstić information content (AvgIpc) is 2.61. The van der Waals surface area contributed by atoms with E-state index in [0.717, 1.165) is 5.56 Å². The van der Waals surface area contributed by atoms with Crippen LogP contribution in [0, 0.1) is 0 Å². The zero-order valence-corrected chi connectivity index (χ0v) is 13.6. The van der Waals surface area contributed by atoms with Crippen LogP contribution < -0.4 is 20.7 Å². The first-order chi connectivity index (χ1) is 12.1. The summed E-state index contributed by atoms with van der Waals surface area (Å²) in [4.78, 5) is 35.7. The molecule has 0 fully saturated rings. The maximum atomic E-state index is 12.1. The quantitative estimate of drug-likeness (QED) is 0.800. The third-order valence-corrected chi connectivity index (χ3v) is 3.88. The van der Waals surface area contributed by atoms with Crippen molar-refractivity contribution in [1.82, 2.24) is 5.32 Å². The van der Waals surface area contributed by atoms with Gasteiger partial charge in [0.1, 0.15) is 5.75 Å². The van der Waals surface area contributed by atoms with Crippen molar-refractivity contribution in [2.75, 3.05) is 17.7 Å². The van der Waals surface area contributed by atoms with E-state index in [2.05, 4.69) is 16.0 Å². The van der Waals surface area contributed by atoms with Gasteiger partial charge in [0.05, 0.1) is 7.11 Å². The Hall–Kier alpha value is -3.35. The van der Waals surface area contributed by atoms with Crippen LogP contribution >= 0.6 is 0 Å². The van der Waals surface area contributed by atoms with E-state index >= 15 is 0 Å². The van der Waals surface area contributed by atoms with E-state index in [9.17, 15) is 14.4 Å². The zero-order valence-electron chi connectivity index (χ0n) is 13.6. The lowest BCUT2D eigenvalue weighted by molar-refractivity contribution is -0.116. The van der Waals surface area contributed by atoms with Gasteiger partial charge in [0.15, 0.2) is 0 Å². The molecule has 3 N–H and O–H groups in total. The summed E-state index contributed by atoms with van der Waals surface area (Å²) in [6.45, 7) is 0. The van der Waals surface area contributed by atoms with Gasteiger partial charge < -0.3 is 15.4 Å². The molecule has 0 saturated heterocycles. The summed E-state index contributed by atoms with van der Waals surface area (Å²) < 4.78 is 5.03. The van der Waals surface area contributed by atoms with Crippen LogP contribution in [-0.4, -0.2) is 25.0 Å². The Morgan fingerprint density at radius 1 is 1.08 bits per heavy atom. The topological polar surface area (TPSA) is 96.5 Å². The number of urea groups is 1. The fourth-order valence-corrected chi connectivity index (χ4v) is 2.61. The number of carbonyl (C=O) groups excluding carboxylic acids is 3. The van der Waals surface area contributed by atoms with Gasteiger partial charge in [0, 0.05) is 23.4 Å². The Kier molecular flexibility index (Phi) is 4.65. The molecule has 0 bridgehead atoms. The molecule has 1 heterocycles. The fraction of sp³-hybridized carbons (Fsp3) is 0.167. The first-order valence-electron chi connectivity index (χ1n) is 7.75. The minimum Gasteiger partial charge on any atom is -0.497 e. The number of imide groups is 1. The van der Waals surface area contributed by atoms with E-state index in [-0.39, 0.29) is 5.91 Å². The molecule has 1 aliphatic heterocycles. The highest BCUT2D eigenvalue weighted by Crippen LogP contribution is 2.29. The molecule has 128 valence electrons. The number of rotatable bonds is 3. The molecular weight excluding hydrogens is 322 g/mol. The molecule has 25 heavy (non-hydrogen) atoms. The highest BCUT2D eigenvalue weighted by Gasteiger charge is 2.19. The summed E-state index contributed by atoms with van der Waals surface area (Å²) in [7, 11) is 1.53. The maximum Gasteiger partial charge on any atom is 0.326 e. The molecule has 1 aliphatic rings. The Bertz CT molecular complexity index is 831. The molecule has 4 amide bonds. The molecule has 2 aromatic rings. The average molecular weight is 339 g/mol. The molecule has 7 nitrogen and oxygen atoms in total. The van der Waals surface area contributed by atoms with Gasteiger partial charge in [-0.3, -0.25) is 14.9 Å². The molecule has 0 unspecified atom stereocenters. The fourth-order valence-electron chi connectivity index (χ4n) is 2.61. The van der Waals surface area contributed by atoms with Crippen molar-refractivity contribution in [1.29, 1.82) is 0 Å². The van der Waals surface area contributed by atoms with Gasteiger partial charge in [-0.2, -0.15) is 0 Å². The van der Waals surface area contributed by atoms with Gasteiger partial charge in [-0.05, 0) is 48.4 Å². The molecule has 0 atom stereocenters. The summed E-state index contributed by atoms with van der Waals surface area (Å²) >= 11 is 0.